The van der Waals surface area contributed by atoms with Gasteiger partial charge in [0.1, 0.15) is 0 Å². The van der Waals surface area contributed by atoms with E-state index in [4.69, 9.17) is 4.74 Å². The maximum atomic E-state index is 5.21. The van der Waals surface area contributed by atoms with Gasteiger partial charge in [0, 0.05) is 38.9 Å². The molecule has 0 fully saturated rings. The van der Waals surface area contributed by atoms with Crippen LogP contribution in [0.25, 0.3) is 0 Å². The van der Waals surface area contributed by atoms with Crippen LogP contribution in [-0.2, 0) is 30.7 Å². The fraction of sp³-hybridized carbons (Fsp3) is 0.500. The minimum Gasteiger partial charge on any atom is -0.378 e. The number of hydrogen-bond donors (Lipinski definition) is 1. The molecule has 2 heterocycles. The largest absolute Gasteiger partial charge is 0.378 e. The van der Waals surface area contributed by atoms with Gasteiger partial charge < -0.3 is 4.74 Å². The summed E-state index contributed by atoms with van der Waals surface area (Å²) in [6.45, 7) is 7.35. The topological polar surface area (TPSA) is 41.1 Å². The Morgan fingerprint density at radius 3 is 2.95 bits per heavy atom. The Kier molecular flexibility index (Phi) is 4.60. The van der Waals surface area contributed by atoms with E-state index in [0.717, 1.165) is 25.1 Å². The van der Waals surface area contributed by atoms with Crippen molar-refractivity contribution in [2.75, 3.05) is 13.7 Å². The Morgan fingerprint density at radius 1 is 1.32 bits per heavy atom. The smallest absolute Gasteiger partial charge is 0.0914 e. The number of aromatic nitrogens is 2. The molecule has 0 amide bonds. The van der Waals surface area contributed by atoms with E-state index in [1.807, 2.05) is 6.20 Å². The van der Waals surface area contributed by atoms with E-state index in [0.29, 0.717) is 12.6 Å². The van der Waals surface area contributed by atoms with Gasteiger partial charge >= 0.3 is 0 Å². The number of nitrogens with zero attached hydrogens (tertiary/aromatic N) is 2. The maximum Gasteiger partial charge on any atom is 0.0914 e. The molecule has 1 aromatic carbocycles. The third-order valence-corrected chi connectivity index (χ3v) is 4.53. The number of ether oxygens (including phenoxy) is 1. The molecule has 0 unspecified atom stereocenters. The summed E-state index contributed by atoms with van der Waals surface area (Å²) < 4.78 is 5.21. The molecule has 0 radical (unpaired) electrons. The Hall–Kier alpha value is -1.65. The van der Waals surface area contributed by atoms with Crippen LogP contribution in [0.4, 0.5) is 0 Å². The van der Waals surface area contributed by atoms with Crippen LogP contribution in [0, 0.1) is 0 Å². The lowest BCUT2D eigenvalue weighted by Crippen LogP contribution is -2.35. The zero-order chi connectivity index (χ0) is 15.5. The van der Waals surface area contributed by atoms with Gasteiger partial charge in [-0.2, -0.15) is 5.10 Å². The van der Waals surface area contributed by atoms with Crippen LogP contribution in [0.2, 0.25) is 0 Å². The summed E-state index contributed by atoms with van der Waals surface area (Å²) in [7, 11) is 1.71. The fourth-order valence-electron chi connectivity index (χ4n) is 3.16. The standard InChI is InChI=1S/C18H25N3O/c1-13(2)21-7-6-15-5-4-14(9-17(15)11-21)8-16-10-19-20-18(16)12-22-3/h4-5,9-10,13H,6-8,11-12H2,1-3H3,(H,19,20). The molecule has 118 valence electrons. The first-order valence-electron chi connectivity index (χ1n) is 8.02. The second-order valence-electron chi connectivity index (χ2n) is 6.38. The normalized spacial score (nSPS) is 15.3. The van der Waals surface area contributed by atoms with Gasteiger partial charge in [-0.05, 0) is 42.5 Å². The van der Waals surface area contributed by atoms with Crippen molar-refractivity contribution in [2.24, 2.45) is 0 Å². The SMILES string of the molecule is COCc1n[nH]cc1Cc1ccc2c(c1)CN(C(C)C)CC2. The van der Waals surface area contributed by atoms with E-state index in [9.17, 15) is 0 Å². The molecule has 3 rings (SSSR count). The zero-order valence-electron chi connectivity index (χ0n) is 13.7. The second-order valence-corrected chi connectivity index (χ2v) is 6.38. The highest BCUT2D eigenvalue weighted by Gasteiger charge is 2.18. The molecular formula is C18H25N3O. The molecule has 1 aliphatic rings. The van der Waals surface area contributed by atoms with Crippen LogP contribution in [0.5, 0.6) is 0 Å². The average Bonchev–Trinajstić information content (AvgIpc) is 2.94. The van der Waals surface area contributed by atoms with Gasteiger partial charge in [-0.15, -0.1) is 0 Å². The molecule has 0 saturated carbocycles. The second kappa shape index (κ2) is 6.63. The highest BCUT2D eigenvalue weighted by Crippen LogP contribution is 2.23. The van der Waals surface area contributed by atoms with Crippen molar-refractivity contribution in [2.45, 2.75) is 45.9 Å². The molecule has 0 aliphatic carbocycles. The molecule has 0 bridgehead atoms. The lowest BCUT2D eigenvalue weighted by molar-refractivity contribution is 0.181. The van der Waals surface area contributed by atoms with E-state index in [1.165, 1.54) is 28.8 Å². The quantitative estimate of drug-likeness (QED) is 0.923. The molecule has 1 aromatic heterocycles. The minimum atomic E-state index is 0.560. The molecule has 4 nitrogen and oxygen atoms in total. The van der Waals surface area contributed by atoms with E-state index >= 15 is 0 Å². The Balaban J connectivity index is 1.78. The van der Waals surface area contributed by atoms with Gasteiger partial charge in [0.05, 0.1) is 12.3 Å². The van der Waals surface area contributed by atoms with Crippen molar-refractivity contribution in [1.29, 1.82) is 0 Å². The fourth-order valence-corrected chi connectivity index (χ4v) is 3.16. The van der Waals surface area contributed by atoms with Crippen molar-refractivity contribution in [1.82, 2.24) is 15.1 Å². The first kappa shape index (κ1) is 15.3. The summed E-state index contributed by atoms with van der Waals surface area (Å²) in [5.74, 6) is 0. The molecule has 22 heavy (non-hydrogen) atoms. The van der Waals surface area contributed by atoms with Gasteiger partial charge in [-0.25, -0.2) is 0 Å². The molecular weight excluding hydrogens is 274 g/mol. The monoisotopic (exact) mass is 299 g/mol. The first-order chi connectivity index (χ1) is 10.7. The number of fused-ring (bicyclic) bond motifs is 1. The maximum absolute atomic E-state index is 5.21. The third kappa shape index (κ3) is 3.23. The molecule has 0 spiro atoms. The number of rotatable bonds is 5. The summed E-state index contributed by atoms with van der Waals surface area (Å²) in [5, 5.41) is 7.22. The number of hydrogen-bond acceptors (Lipinski definition) is 3. The molecule has 0 atom stereocenters. The van der Waals surface area contributed by atoms with Gasteiger partial charge in [-0.1, -0.05) is 18.2 Å². The molecule has 2 aromatic rings. The molecule has 1 aliphatic heterocycles. The lowest BCUT2D eigenvalue weighted by atomic mass is 9.94. The van der Waals surface area contributed by atoms with Gasteiger partial charge in [0.2, 0.25) is 0 Å². The number of methoxy groups -OCH3 is 1. The Bertz CT molecular complexity index is 633. The highest BCUT2D eigenvalue weighted by molar-refractivity contribution is 5.36. The summed E-state index contributed by atoms with van der Waals surface area (Å²) in [6, 6.07) is 7.54. The van der Waals surface area contributed by atoms with E-state index in [1.54, 1.807) is 7.11 Å². The Morgan fingerprint density at radius 2 is 2.18 bits per heavy atom. The van der Waals surface area contributed by atoms with Crippen molar-refractivity contribution in [3.8, 4) is 0 Å². The summed E-state index contributed by atoms with van der Waals surface area (Å²) in [6.07, 6.45) is 4.05. The van der Waals surface area contributed by atoms with Crippen molar-refractivity contribution in [3.05, 3.63) is 52.3 Å². The van der Waals surface area contributed by atoms with Crippen LogP contribution >= 0.6 is 0 Å². The molecule has 4 heteroatoms. The highest BCUT2D eigenvalue weighted by atomic mass is 16.5. The third-order valence-electron chi connectivity index (χ3n) is 4.53. The van der Waals surface area contributed by atoms with Gasteiger partial charge in [0.25, 0.3) is 0 Å². The Labute approximate surface area is 132 Å². The minimum absolute atomic E-state index is 0.560. The molecule has 0 saturated heterocycles. The van der Waals surface area contributed by atoms with Crippen LogP contribution < -0.4 is 0 Å². The summed E-state index contributed by atoms with van der Waals surface area (Å²) >= 11 is 0. The van der Waals surface area contributed by atoms with Gasteiger partial charge in [-0.3, -0.25) is 10.00 Å². The van der Waals surface area contributed by atoms with Crippen LogP contribution in [0.3, 0.4) is 0 Å². The summed E-state index contributed by atoms with van der Waals surface area (Å²) in [4.78, 5) is 2.54. The number of aromatic amines is 1. The molecule has 1 N–H and O–H groups in total. The average molecular weight is 299 g/mol. The van der Waals surface area contributed by atoms with Crippen molar-refractivity contribution in [3.63, 3.8) is 0 Å². The van der Waals surface area contributed by atoms with Gasteiger partial charge in [0.15, 0.2) is 0 Å². The summed E-state index contributed by atoms with van der Waals surface area (Å²) in [5.41, 5.74) is 6.56. The van der Waals surface area contributed by atoms with Crippen molar-refractivity contribution < 1.29 is 4.74 Å². The number of benzene rings is 1. The predicted molar refractivity (Wildman–Crippen MR) is 87.8 cm³/mol. The van der Waals surface area contributed by atoms with Crippen LogP contribution in [-0.4, -0.2) is 34.8 Å². The lowest BCUT2D eigenvalue weighted by Gasteiger charge is -2.32. The van der Waals surface area contributed by atoms with Crippen LogP contribution in [0.15, 0.2) is 24.4 Å². The van der Waals surface area contributed by atoms with E-state index in [2.05, 4.69) is 47.1 Å². The van der Waals surface area contributed by atoms with Crippen molar-refractivity contribution >= 4 is 0 Å². The van der Waals surface area contributed by atoms with Crippen LogP contribution in [0.1, 0.15) is 41.8 Å². The number of nitrogens with one attached hydrogen (secondary N) is 1. The first-order valence-corrected chi connectivity index (χ1v) is 8.02. The van der Waals surface area contributed by atoms with E-state index < -0.39 is 0 Å². The van der Waals surface area contributed by atoms with E-state index in [-0.39, 0.29) is 0 Å². The zero-order valence-corrected chi connectivity index (χ0v) is 13.7. The number of H-pyrrole nitrogens is 1. The predicted octanol–water partition coefficient (Wildman–Crippen LogP) is 2.91.